The molecule has 3 heterocycles. The number of rotatable bonds is 7. The number of nitrogens with zero attached hydrogens (tertiary/aromatic N) is 3. The molecule has 0 aliphatic rings. The fourth-order valence-corrected chi connectivity index (χ4v) is 13.9. The predicted molar refractivity (Wildman–Crippen MR) is 278 cm³/mol. The maximum atomic E-state index is 5.44. The van der Waals surface area contributed by atoms with Gasteiger partial charge in [0.25, 0.3) is 0 Å². The maximum Gasteiger partial charge on any atom is 0.0781 e. The van der Waals surface area contributed by atoms with Crippen LogP contribution in [0.15, 0.2) is 164 Å². The van der Waals surface area contributed by atoms with E-state index in [1.807, 2.05) is 29.5 Å². The van der Waals surface area contributed by atoms with Gasteiger partial charge in [-0.05, 0) is 98.1 Å². The topological polar surface area (TPSA) is 30.7 Å². The van der Waals surface area contributed by atoms with Crippen LogP contribution in [0.1, 0.15) is 30.5 Å². The van der Waals surface area contributed by atoms with Crippen LogP contribution in [-0.2, 0) is 26.5 Å². The fraction of sp³-hybridized carbons (Fsp3) is 0.153. The molecule has 0 amide bonds. The number of thiophene rings is 1. The van der Waals surface area contributed by atoms with Gasteiger partial charge in [-0.1, -0.05) is 95.9 Å². The van der Waals surface area contributed by atoms with Crippen LogP contribution in [0.25, 0.3) is 92.2 Å². The van der Waals surface area contributed by atoms with E-state index in [2.05, 4.69) is 207 Å². The Kier molecular flexibility index (Phi) is 12.5. The van der Waals surface area contributed by atoms with Gasteiger partial charge in [0, 0.05) is 30.5 Å². The molecule has 0 unspecified atom stereocenters. The number of benzene rings is 8. The quantitative estimate of drug-likeness (QED) is 0.0905. The molecule has 11 rings (SSSR count). The number of imidazole rings is 1. The Labute approximate surface area is 402 Å². The maximum absolute atomic E-state index is 5.44. The average molecular weight is 1100 g/mol. The van der Waals surface area contributed by atoms with Crippen molar-refractivity contribution in [3.63, 3.8) is 0 Å². The van der Waals surface area contributed by atoms with Gasteiger partial charge in [-0.25, -0.2) is 0 Å². The fourth-order valence-electron chi connectivity index (χ4n) is 9.42. The molecule has 0 fully saturated rings. The standard InChI is InChI=1S/C41H27N2S.C18H24GeN.Ir/c1-25-21-30(27-11-4-3-5-12-27)22-26(2)39(25)43-37-23-29-20-19-28-13-6-7-14-31(28)35(29)24-36(37)42-41(43)34-17-10-16-33-32-15-8-9-18-38(32)44-40(33)34;1-14(2)11-16-12-18(15-9-7-6-8-10-15)20-13-17(16)19(3,4)5;/h3-16,18-24H,1-2H3;6-9,12-14H,11H2,1-5H3;/q2*-1;. The van der Waals surface area contributed by atoms with Crippen LogP contribution < -0.4 is 4.40 Å². The summed E-state index contributed by atoms with van der Waals surface area (Å²) in [7, 11) is 0. The number of pyridine rings is 1. The summed E-state index contributed by atoms with van der Waals surface area (Å²) < 4.78 is 6.43. The first-order valence-corrected chi connectivity index (χ1v) is 30.5. The summed E-state index contributed by atoms with van der Waals surface area (Å²) in [6.07, 6.45) is 3.27. The van der Waals surface area contributed by atoms with E-state index in [-0.39, 0.29) is 20.1 Å². The van der Waals surface area contributed by atoms with E-state index >= 15 is 0 Å². The van der Waals surface area contributed by atoms with Gasteiger partial charge in [0.15, 0.2) is 0 Å². The van der Waals surface area contributed by atoms with Crippen molar-refractivity contribution >= 4 is 81.7 Å². The zero-order chi connectivity index (χ0) is 44.1. The SMILES string of the molecule is CC(C)Cc1cc(-c2[c-]cccc2)nc[c]1[Ge]([CH3])([CH3])[CH3].Cc1cc(-c2ccccc2)cc(C)c1-n1c(-c2[c-]ccc3c2sc2ccccc23)nc2cc3c(ccc4ccccc43)cc21.[Ir]. The molecule has 8 aromatic carbocycles. The second-order valence-electron chi connectivity index (χ2n) is 18.5. The number of fused-ring (bicyclic) bond motifs is 7. The number of hydrogen-bond donors (Lipinski definition) is 0. The Bertz CT molecular complexity index is 3490. The number of aryl methyl sites for hydroxylation is 2. The molecular weight excluding hydrogens is 1050 g/mol. The Morgan fingerprint density at radius 3 is 2.09 bits per heavy atom. The Balaban J connectivity index is 0.000000215. The first-order valence-electron chi connectivity index (χ1n) is 22.3. The molecule has 65 heavy (non-hydrogen) atoms. The third-order valence-electron chi connectivity index (χ3n) is 12.3. The minimum atomic E-state index is -1.86. The van der Waals surface area contributed by atoms with Crippen molar-refractivity contribution in [1.82, 2.24) is 14.5 Å². The van der Waals surface area contributed by atoms with Crippen LogP contribution in [0.5, 0.6) is 0 Å². The minimum absolute atomic E-state index is 0. The molecule has 1 radical (unpaired) electrons. The summed E-state index contributed by atoms with van der Waals surface area (Å²) in [4.78, 5) is 10.1. The van der Waals surface area contributed by atoms with E-state index in [1.54, 1.807) is 4.40 Å². The molecule has 6 heteroatoms. The van der Waals surface area contributed by atoms with Crippen LogP contribution in [0, 0.1) is 31.9 Å². The molecule has 11 aromatic rings. The van der Waals surface area contributed by atoms with Crippen molar-refractivity contribution < 1.29 is 20.1 Å². The molecule has 323 valence electrons. The smallest absolute Gasteiger partial charge is 0.0781 e. The van der Waals surface area contributed by atoms with Crippen molar-refractivity contribution in [3.05, 3.63) is 193 Å². The molecule has 0 bridgehead atoms. The molecule has 3 aromatic heterocycles. The summed E-state index contributed by atoms with van der Waals surface area (Å²) in [5, 5.41) is 7.46. The van der Waals surface area contributed by atoms with Gasteiger partial charge in [-0.2, -0.15) is 11.3 Å². The largest absolute Gasteiger partial charge is 0.333 e. The third-order valence-corrected chi connectivity index (χ3v) is 17.9. The first kappa shape index (κ1) is 44.5. The van der Waals surface area contributed by atoms with Crippen LogP contribution >= 0.6 is 11.3 Å². The van der Waals surface area contributed by atoms with E-state index in [9.17, 15) is 0 Å². The van der Waals surface area contributed by atoms with E-state index in [1.165, 1.54) is 75.2 Å². The molecule has 0 atom stereocenters. The van der Waals surface area contributed by atoms with Gasteiger partial charge in [-0.15, -0.1) is 18.2 Å². The number of hydrogen-bond acceptors (Lipinski definition) is 3. The molecule has 3 nitrogen and oxygen atoms in total. The van der Waals surface area contributed by atoms with E-state index in [0.29, 0.717) is 5.92 Å². The van der Waals surface area contributed by atoms with Gasteiger partial charge in [0.05, 0.1) is 16.9 Å². The molecule has 0 saturated carbocycles. The van der Waals surface area contributed by atoms with Crippen molar-refractivity contribution in [2.75, 3.05) is 0 Å². The zero-order valence-electron chi connectivity index (χ0n) is 38.0. The monoisotopic (exact) mass is 1100 g/mol. The molecule has 0 aliphatic carbocycles. The normalized spacial score (nSPS) is 11.7. The summed E-state index contributed by atoms with van der Waals surface area (Å²) in [5.41, 5.74) is 12.8. The Morgan fingerprint density at radius 1 is 0.646 bits per heavy atom. The second-order valence-corrected chi connectivity index (χ2v) is 30.1. The van der Waals surface area contributed by atoms with Gasteiger partial charge in [0.1, 0.15) is 0 Å². The zero-order valence-corrected chi connectivity index (χ0v) is 43.3. The summed E-state index contributed by atoms with van der Waals surface area (Å²) in [5.74, 6) is 8.92. The van der Waals surface area contributed by atoms with Gasteiger partial charge in [-0.3, -0.25) is 4.98 Å². The van der Waals surface area contributed by atoms with E-state index in [4.69, 9.17) is 9.97 Å². The van der Waals surface area contributed by atoms with Crippen LogP contribution in [0.4, 0.5) is 0 Å². The van der Waals surface area contributed by atoms with Gasteiger partial charge < -0.3 is 4.57 Å². The van der Waals surface area contributed by atoms with Crippen molar-refractivity contribution in [2.24, 2.45) is 5.92 Å². The van der Waals surface area contributed by atoms with Crippen LogP contribution in [-0.4, -0.2) is 27.8 Å². The average Bonchev–Trinajstić information content (AvgIpc) is 3.86. The molecule has 0 aliphatic heterocycles. The first-order chi connectivity index (χ1) is 31.0. The van der Waals surface area contributed by atoms with Crippen LogP contribution in [0.3, 0.4) is 0 Å². The predicted octanol–water partition coefficient (Wildman–Crippen LogP) is 15.7. The minimum Gasteiger partial charge on any atom is -0.333 e. The number of aromatic nitrogens is 3. The van der Waals surface area contributed by atoms with Gasteiger partial charge >= 0.3 is 126 Å². The summed E-state index contributed by atoms with van der Waals surface area (Å²) in [6, 6.07) is 63.1. The van der Waals surface area contributed by atoms with Crippen molar-refractivity contribution in [1.29, 1.82) is 0 Å². The van der Waals surface area contributed by atoms with E-state index < -0.39 is 13.3 Å². The van der Waals surface area contributed by atoms with E-state index in [0.717, 1.165) is 40.1 Å². The summed E-state index contributed by atoms with van der Waals surface area (Å²) >= 11 is -0.0327. The summed E-state index contributed by atoms with van der Waals surface area (Å²) in [6.45, 7) is 9.02. The second kappa shape index (κ2) is 18.3. The third kappa shape index (κ3) is 8.64. The van der Waals surface area contributed by atoms with Gasteiger partial charge in [0.2, 0.25) is 0 Å². The Hall–Kier alpha value is -5.69. The molecule has 0 saturated heterocycles. The van der Waals surface area contributed by atoms with Crippen molar-refractivity contribution in [2.45, 2.75) is 51.4 Å². The van der Waals surface area contributed by atoms with Crippen LogP contribution in [0.2, 0.25) is 17.3 Å². The molecule has 0 spiro atoms. The van der Waals surface area contributed by atoms with Crippen molar-refractivity contribution in [3.8, 4) is 39.5 Å². The Morgan fingerprint density at radius 2 is 1.35 bits per heavy atom. The molecule has 0 N–H and O–H groups in total. The molecular formula is C59H51GeIrN3S-2.